The summed E-state index contributed by atoms with van der Waals surface area (Å²) in [4.78, 5) is 8.04. The maximum atomic E-state index is 4.04. The Kier molecular flexibility index (Phi) is 1.39. The van der Waals surface area contributed by atoms with E-state index in [0.717, 1.165) is 5.65 Å². The highest BCUT2D eigenvalue weighted by Crippen LogP contribution is 2.13. The van der Waals surface area contributed by atoms with Gasteiger partial charge in [0.25, 0.3) is 0 Å². The van der Waals surface area contributed by atoms with E-state index in [-0.39, 0.29) is 1.43 Å². The summed E-state index contributed by atoms with van der Waals surface area (Å²) in [5.74, 6) is 0.702. The molecule has 0 saturated carbocycles. The first-order valence-corrected chi connectivity index (χ1v) is 3.51. The van der Waals surface area contributed by atoms with E-state index in [1.807, 2.05) is 0 Å². The first-order chi connectivity index (χ1) is 5.83. The first-order valence-electron chi connectivity index (χ1n) is 3.51. The van der Waals surface area contributed by atoms with Gasteiger partial charge in [-0.05, 0) is 0 Å². The maximum absolute atomic E-state index is 4.04. The number of aromatic nitrogens is 5. The standard InChI is InChI=1S/C6H8N6.H2/c1-7-5-4-6(9-3-8-5)12(2)11-10-4;/h3H,1-2H3,(H,7,8,9);1H. The molecular weight excluding hydrogens is 156 g/mol. The van der Waals surface area contributed by atoms with E-state index in [1.54, 1.807) is 18.8 Å². The molecule has 0 bridgehead atoms. The van der Waals surface area contributed by atoms with Crippen LogP contribution in [-0.4, -0.2) is 32.0 Å². The Morgan fingerprint density at radius 3 is 3.08 bits per heavy atom. The summed E-state index contributed by atoms with van der Waals surface area (Å²) in [7, 11) is 3.58. The lowest BCUT2D eigenvalue weighted by Gasteiger charge is -1.96. The Labute approximate surface area is 70.1 Å². The van der Waals surface area contributed by atoms with Crippen LogP contribution in [0.2, 0.25) is 0 Å². The summed E-state index contributed by atoms with van der Waals surface area (Å²) in [6.45, 7) is 0. The van der Waals surface area contributed by atoms with Gasteiger partial charge in [-0.15, -0.1) is 5.10 Å². The summed E-state index contributed by atoms with van der Waals surface area (Å²) >= 11 is 0. The van der Waals surface area contributed by atoms with Crippen molar-refractivity contribution in [2.75, 3.05) is 12.4 Å². The molecule has 0 radical (unpaired) electrons. The molecule has 6 heteroatoms. The number of fused-ring (bicyclic) bond motifs is 1. The summed E-state index contributed by atoms with van der Waals surface area (Å²) in [5.41, 5.74) is 1.43. The molecule has 0 atom stereocenters. The van der Waals surface area contributed by atoms with E-state index >= 15 is 0 Å². The molecule has 2 aromatic heterocycles. The molecule has 0 amide bonds. The van der Waals surface area contributed by atoms with Gasteiger partial charge in [-0.2, -0.15) is 0 Å². The molecule has 2 rings (SSSR count). The number of aryl methyl sites for hydroxylation is 1. The molecule has 0 fully saturated rings. The molecule has 2 heterocycles. The van der Waals surface area contributed by atoms with Crippen molar-refractivity contribution in [1.82, 2.24) is 25.0 Å². The van der Waals surface area contributed by atoms with Crippen LogP contribution in [0.15, 0.2) is 6.33 Å². The van der Waals surface area contributed by atoms with Gasteiger partial charge in [0.15, 0.2) is 17.0 Å². The van der Waals surface area contributed by atoms with Gasteiger partial charge in [0.1, 0.15) is 6.33 Å². The van der Waals surface area contributed by atoms with Crippen LogP contribution in [0.1, 0.15) is 1.43 Å². The first kappa shape index (κ1) is 6.96. The van der Waals surface area contributed by atoms with Gasteiger partial charge in [0.05, 0.1) is 0 Å². The van der Waals surface area contributed by atoms with E-state index in [0.29, 0.717) is 11.3 Å². The largest absolute Gasteiger partial charge is 0.371 e. The second kappa shape index (κ2) is 2.40. The van der Waals surface area contributed by atoms with Gasteiger partial charge in [-0.3, -0.25) is 0 Å². The number of rotatable bonds is 1. The lowest BCUT2D eigenvalue weighted by atomic mass is 10.5. The van der Waals surface area contributed by atoms with Crippen LogP contribution < -0.4 is 5.32 Å². The summed E-state index contributed by atoms with van der Waals surface area (Å²) in [6, 6.07) is 0. The van der Waals surface area contributed by atoms with Crippen LogP contribution in [0, 0.1) is 0 Å². The van der Waals surface area contributed by atoms with Crippen LogP contribution in [-0.2, 0) is 7.05 Å². The Balaban J connectivity index is 0.000000845. The highest BCUT2D eigenvalue weighted by Gasteiger charge is 2.06. The van der Waals surface area contributed by atoms with Gasteiger partial charge in [-0.1, -0.05) is 5.21 Å². The number of nitrogens with one attached hydrogen (secondary N) is 1. The molecule has 12 heavy (non-hydrogen) atoms. The van der Waals surface area contributed by atoms with Crippen molar-refractivity contribution in [1.29, 1.82) is 0 Å². The normalized spacial score (nSPS) is 10.5. The van der Waals surface area contributed by atoms with Crippen LogP contribution in [0.3, 0.4) is 0 Å². The third-order valence-electron chi connectivity index (χ3n) is 1.63. The van der Waals surface area contributed by atoms with Crippen LogP contribution >= 0.6 is 0 Å². The molecule has 6 nitrogen and oxygen atoms in total. The average Bonchev–Trinajstić information content (AvgIpc) is 2.48. The van der Waals surface area contributed by atoms with Gasteiger partial charge in [0, 0.05) is 15.5 Å². The topological polar surface area (TPSA) is 68.5 Å². The second-order valence-electron chi connectivity index (χ2n) is 2.36. The fourth-order valence-corrected chi connectivity index (χ4v) is 1.04. The molecule has 0 aromatic carbocycles. The second-order valence-corrected chi connectivity index (χ2v) is 2.36. The van der Waals surface area contributed by atoms with Crippen molar-refractivity contribution in [3.63, 3.8) is 0 Å². The molecule has 2 aromatic rings. The molecule has 0 aliphatic heterocycles. The lowest BCUT2D eigenvalue weighted by molar-refractivity contribution is 0.729. The molecule has 0 spiro atoms. The molecule has 1 N–H and O–H groups in total. The summed E-state index contributed by atoms with van der Waals surface area (Å²) < 4.78 is 1.61. The fourth-order valence-electron chi connectivity index (χ4n) is 1.04. The van der Waals surface area contributed by atoms with Crippen LogP contribution in [0.4, 0.5) is 5.82 Å². The van der Waals surface area contributed by atoms with Crippen molar-refractivity contribution in [2.24, 2.45) is 7.05 Å². The lowest BCUT2D eigenvalue weighted by Crippen LogP contribution is -1.96. The van der Waals surface area contributed by atoms with Crippen molar-refractivity contribution in [3.8, 4) is 0 Å². The molecule has 0 aliphatic carbocycles. The minimum Gasteiger partial charge on any atom is -0.371 e. The van der Waals surface area contributed by atoms with Gasteiger partial charge in [0.2, 0.25) is 0 Å². The molecule has 64 valence electrons. The van der Waals surface area contributed by atoms with E-state index in [4.69, 9.17) is 0 Å². The van der Waals surface area contributed by atoms with Crippen molar-refractivity contribution >= 4 is 17.0 Å². The number of nitrogens with zero attached hydrogens (tertiary/aromatic N) is 5. The Hall–Kier alpha value is -1.72. The maximum Gasteiger partial charge on any atom is 0.183 e. The molecule has 0 aliphatic rings. The number of hydrogen-bond donors (Lipinski definition) is 1. The number of hydrogen-bond acceptors (Lipinski definition) is 5. The quantitative estimate of drug-likeness (QED) is 0.648. The van der Waals surface area contributed by atoms with Gasteiger partial charge >= 0.3 is 0 Å². The SMILES string of the molecule is CNc1ncnc2c1nnn2C.[HH]. The van der Waals surface area contributed by atoms with E-state index in [1.165, 1.54) is 6.33 Å². The predicted octanol–water partition coefficient (Wildman–Crippen LogP) is 0.0460. The summed E-state index contributed by atoms with van der Waals surface area (Å²) in [5, 5.41) is 10.7. The van der Waals surface area contributed by atoms with E-state index in [2.05, 4.69) is 25.6 Å². The van der Waals surface area contributed by atoms with Crippen LogP contribution in [0.25, 0.3) is 11.2 Å². The van der Waals surface area contributed by atoms with Gasteiger partial charge < -0.3 is 5.32 Å². The van der Waals surface area contributed by atoms with Crippen molar-refractivity contribution < 1.29 is 1.43 Å². The van der Waals surface area contributed by atoms with Gasteiger partial charge in [-0.25, -0.2) is 14.6 Å². The smallest absolute Gasteiger partial charge is 0.183 e. The highest BCUT2D eigenvalue weighted by atomic mass is 15.4. The molecule has 0 saturated heterocycles. The molecule has 0 unspecified atom stereocenters. The highest BCUT2D eigenvalue weighted by molar-refractivity contribution is 5.81. The molecular formula is C6H10N6. The zero-order valence-corrected chi connectivity index (χ0v) is 6.81. The van der Waals surface area contributed by atoms with E-state index in [9.17, 15) is 0 Å². The average molecular weight is 166 g/mol. The third-order valence-corrected chi connectivity index (χ3v) is 1.63. The number of anilines is 1. The van der Waals surface area contributed by atoms with E-state index < -0.39 is 0 Å². The minimum absolute atomic E-state index is 0. The monoisotopic (exact) mass is 166 g/mol. The summed E-state index contributed by atoms with van der Waals surface area (Å²) in [6.07, 6.45) is 1.48. The van der Waals surface area contributed by atoms with Crippen molar-refractivity contribution in [2.45, 2.75) is 0 Å². The fraction of sp³-hybridized carbons (Fsp3) is 0.333. The predicted molar refractivity (Wildman–Crippen MR) is 45.8 cm³/mol. The van der Waals surface area contributed by atoms with Crippen LogP contribution in [0.5, 0.6) is 0 Å². The Bertz CT molecular complexity index is 410. The third kappa shape index (κ3) is 0.810. The minimum atomic E-state index is 0. The Morgan fingerprint density at radius 1 is 1.50 bits per heavy atom. The Morgan fingerprint density at radius 2 is 2.33 bits per heavy atom. The zero-order valence-electron chi connectivity index (χ0n) is 6.81. The zero-order chi connectivity index (χ0) is 8.55. The van der Waals surface area contributed by atoms with Crippen molar-refractivity contribution in [3.05, 3.63) is 6.33 Å².